The first kappa shape index (κ1) is 30.7. The van der Waals surface area contributed by atoms with Crippen molar-refractivity contribution in [2.45, 2.75) is 39.0 Å². The molecule has 222 valence electrons. The summed E-state index contributed by atoms with van der Waals surface area (Å²) >= 11 is 0. The van der Waals surface area contributed by atoms with Crippen molar-refractivity contribution in [3.05, 3.63) is 86.9 Å². The zero-order chi connectivity index (χ0) is 30.4. The van der Waals surface area contributed by atoms with Crippen molar-refractivity contribution in [3.8, 4) is 0 Å². The Bertz CT molecular complexity index is 1410. The predicted octanol–water partition coefficient (Wildman–Crippen LogP) is 4.88. The second-order valence-corrected chi connectivity index (χ2v) is 10.6. The number of aliphatic imine (C=N–C) groups is 1. The highest BCUT2D eigenvalue weighted by atomic mass is 19.1. The fourth-order valence-electron chi connectivity index (χ4n) is 5.73. The first-order chi connectivity index (χ1) is 20.1. The van der Waals surface area contributed by atoms with Crippen LogP contribution in [-0.2, 0) is 19.1 Å². The van der Waals surface area contributed by atoms with Gasteiger partial charge in [-0.15, -0.1) is 0 Å². The minimum absolute atomic E-state index is 0.0289. The van der Waals surface area contributed by atoms with E-state index >= 15 is 0 Å². The standard InChI is InChI=1S/C31H34FN3O7/c1-19-26(30(37)41-3)28(23-6-4-7-25(18-23)35(39)40)27(20(2)33-19)31(38)42-17-5-14-34-15-12-22(13-16-34)29(36)21-8-10-24(32)11-9-21/h4,6-11,18,22,26,28H,5,12-17H2,1-3H3. The van der Waals surface area contributed by atoms with Gasteiger partial charge in [-0.05, 0) is 76.0 Å². The Morgan fingerprint density at radius 3 is 2.43 bits per heavy atom. The summed E-state index contributed by atoms with van der Waals surface area (Å²) in [6, 6.07) is 11.5. The van der Waals surface area contributed by atoms with Crippen LogP contribution in [0.5, 0.6) is 0 Å². The van der Waals surface area contributed by atoms with Crippen molar-refractivity contribution in [3.63, 3.8) is 0 Å². The molecule has 2 atom stereocenters. The SMILES string of the molecule is COC(=O)C1C(C)=NC(C)=C(C(=O)OCCCN2CCC(C(=O)c3ccc(F)cc3)CC2)C1c1cccc([N+](=O)[O-])c1. The molecule has 2 unspecified atom stereocenters. The number of ether oxygens (including phenoxy) is 2. The zero-order valence-electron chi connectivity index (χ0n) is 23.9. The number of nitro groups is 1. The van der Waals surface area contributed by atoms with Crippen molar-refractivity contribution in [2.75, 3.05) is 33.4 Å². The van der Waals surface area contributed by atoms with E-state index in [-0.39, 0.29) is 35.4 Å². The van der Waals surface area contributed by atoms with Crippen LogP contribution in [0.3, 0.4) is 0 Å². The van der Waals surface area contributed by atoms with Crippen LogP contribution in [0.2, 0.25) is 0 Å². The first-order valence-electron chi connectivity index (χ1n) is 13.9. The Morgan fingerprint density at radius 1 is 1.10 bits per heavy atom. The molecular weight excluding hydrogens is 545 g/mol. The van der Waals surface area contributed by atoms with Gasteiger partial charge in [-0.2, -0.15) is 0 Å². The van der Waals surface area contributed by atoms with Crippen LogP contribution in [0.15, 0.2) is 64.8 Å². The van der Waals surface area contributed by atoms with E-state index < -0.39 is 28.7 Å². The summed E-state index contributed by atoms with van der Waals surface area (Å²) in [6.07, 6.45) is 1.94. The third-order valence-electron chi connectivity index (χ3n) is 7.88. The van der Waals surface area contributed by atoms with Gasteiger partial charge < -0.3 is 14.4 Å². The number of Topliss-reactive ketones (excluding diaryl/α,β-unsaturated/α-hetero) is 1. The van der Waals surface area contributed by atoms with Gasteiger partial charge in [0.15, 0.2) is 5.78 Å². The van der Waals surface area contributed by atoms with Gasteiger partial charge in [-0.3, -0.25) is 24.7 Å². The van der Waals surface area contributed by atoms with E-state index in [0.29, 0.717) is 48.3 Å². The Kier molecular flexibility index (Phi) is 9.95. The number of methoxy groups -OCH3 is 1. The average Bonchev–Trinajstić information content (AvgIpc) is 2.99. The van der Waals surface area contributed by atoms with Crippen molar-refractivity contribution >= 4 is 29.1 Å². The Balaban J connectivity index is 1.37. The quantitative estimate of drug-likeness (QED) is 0.128. The Hall–Kier alpha value is -4.25. The van der Waals surface area contributed by atoms with Gasteiger partial charge in [-0.25, -0.2) is 9.18 Å². The van der Waals surface area contributed by atoms with Crippen LogP contribution < -0.4 is 0 Å². The predicted molar refractivity (Wildman–Crippen MR) is 153 cm³/mol. The van der Waals surface area contributed by atoms with Gasteiger partial charge in [0.25, 0.3) is 5.69 Å². The van der Waals surface area contributed by atoms with Crippen LogP contribution >= 0.6 is 0 Å². The smallest absolute Gasteiger partial charge is 0.336 e. The lowest BCUT2D eigenvalue weighted by atomic mass is 9.75. The molecule has 1 fully saturated rings. The van der Waals surface area contributed by atoms with E-state index in [9.17, 15) is 28.9 Å². The van der Waals surface area contributed by atoms with Crippen molar-refractivity contribution in [2.24, 2.45) is 16.8 Å². The number of rotatable bonds is 10. The van der Waals surface area contributed by atoms with E-state index in [1.54, 1.807) is 19.9 Å². The van der Waals surface area contributed by atoms with Crippen LogP contribution in [-0.4, -0.2) is 66.6 Å². The molecule has 0 aliphatic carbocycles. The summed E-state index contributed by atoms with van der Waals surface area (Å²) in [4.78, 5) is 56.5. The fraction of sp³-hybridized carbons (Fsp3) is 0.419. The number of esters is 2. The number of piperidine rings is 1. The summed E-state index contributed by atoms with van der Waals surface area (Å²) in [5.41, 5.74) is 1.75. The number of carbonyl (C=O) groups is 3. The molecular formula is C31H34FN3O7. The van der Waals surface area contributed by atoms with Crippen LogP contribution in [0.1, 0.15) is 54.9 Å². The van der Waals surface area contributed by atoms with Crippen LogP contribution in [0.25, 0.3) is 0 Å². The largest absolute Gasteiger partial charge is 0.468 e. The Morgan fingerprint density at radius 2 is 1.79 bits per heavy atom. The molecule has 10 nitrogen and oxygen atoms in total. The van der Waals surface area contributed by atoms with Crippen molar-refractivity contribution in [1.82, 2.24) is 4.90 Å². The van der Waals surface area contributed by atoms with Gasteiger partial charge in [0, 0.05) is 47.5 Å². The minimum Gasteiger partial charge on any atom is -0.468 e. The molecule has 42 heavy (non-hydrogen) atoms. The van der Waals surface area contributed by atoms with Gasteiger partial charge >= 0.3 is 11.9 Å². The lowest BCUT2D eigenvalue weighted by Gasteiger charge is -2.32. The van der Waals surface area contributed by atoms with Gasteiger partial charge in [0.2, 0.25) is 0 Å². The number of hydrogen-bond acceptors (Lipinski definition) is 9. The highest BCUT2D eigenvalue weighted by Gasteiger charge is 2.42. The van der Waals surface area contributed by atoms with Gasteiger partial charge in [0.05, 0.1) is 24.2 Å². The number of nitro benzene ring substituents is 1. The maximum absolute atomic E-state index is 13.4. The average molecular weight is 580 g/mol. The number of likely N-dealkylation sites (tertiary alicyclic amines) is 1. The highest BCUT2D eigenvalue weighted by Crippen LogP contribution is 2.41. The molecule has 11 heteroatoms. The number of ketones is 1. The molecule has 0 bridgehead atoms. The Labute approximate surface area is 243 Å². The lowest BCUT2D eigenvalue weighted by Crippen LogP contribution is -2.37. The number of carbonyl (C=O) groups excluding carboxylic acids is 3. The summed E-state index contributed by atoms with van der Waals surface area (Å²) in [6.45, 7) is 5.54. The monoisotopic (exact) mass is 579 g/mol. The number of allylic oxidation sites excluding steroid dienone is 1. The molecule has 0 radical (unpaired) electrons. The second-order valence-electron chi connectivity index (χ2n) is 10.6. The van der Waals surface area contributed by atoms with Crippen LogP contribution in [0, 0.1) is 27.8 Å². The first-order valence-corrected chi connectivity index (χ1v) is 13.9. The van der Waals surface area contributed by atoms with Crippen molar-refractivity contribution in [1.29, 1.82) is 0 Å². The molecule has 2 aromatic carbocycles. The third kappa shape index (κ3) is 6.96. The summed E-state index contributed by atoms with van der Waals surface area (Å²) < 4.78 is 23.8. The molecule has 4 rings (SSSR count). The second kappa shape index (κ2) is 13.6. The van der Waals surface area contributed by atoms with E-state index in [1.807, 2.05) is 0 Å². The summed E-state index contributed by atoms with van der Waals surface area (Å²) in [5, 5.41) is 11.4. The molecule has 2 aliphatic rings. The summed E-state index contributed by atoms with van der Waals surface area (Å²) in [5.74, 6) is -3.50. The molecule has 2 aromatic rings. The van der Waals surface area contributed by atoms with Crippen molar-refractivity contribution < 1.29 is 33.2 Å². The molecule has 0 N–H and O–H groups in total. The molecule has 0 spiro atoms. The van der Waals surface area contributed by atoms with E-state index in [4.69, 9.17) is 9.47 Å². The molecule has 0 aromatic heterocycles. The topological polar surface area (TPSA) is 128 Å². The highest BCUT2D eigenvalue weighted by molar-refractivity contribution is 6.07. The number of benzene rings is 2. The number of non-ortho nitro benzene ring substituents is 1. The molecule has 2 aliphatic heterocycles. The lowest BCUT2D eigenvalue weighted by molar-refractivity contribution is -0.384. The van der Waals surface area contributed by atoms with Gasteiger partial charge in [-0.1, -0.05) is 12.1 Å². The number of halogens is 1. The molecule has 1 saturated heterocycles. The van der Waals surface area contributed by atoms with E-state index in [2.05, 4.69) is 9.89 Å². The fourth-order valence-corrected chi connectivity index (χ4v) is 5.73. The zero-order valence-corrected chi connectivity index (χ0v) is 23.9. The maximum atomic E-state index is 13.4. The summed E-state index contributed by atoms with van der Waals surface area (Å²) in [7, 11) is 1.24. The maximum Gasteiger partial charge on any atom is 0.336 e. The van der Waals surface area contributed by atoms with E-state index in [1.165, 1.54) is 49.6 Å². The number of hydrogen-bond donors (Lipinski definition) is 0. The van der Waals surface area contributed by atoms with Gasteiger partial charge in [0.1, 0.15) is 11.7 Å². The molecule has 0 amide bonds. The molecule has 2 heterocycles. The minimum atomic E-state index is -0.942. The van der Waals surface area contributed by atoms with Crippen LogP contribution in [0.4, 0.5) is 10.1 Å². The normalized spacial score (nSPS) is 19.7. The molecule has 0 saturated carbocycles. The van der Waals surface area contributed by atoms with E-state index in [0.717, 1.165) is 13.1 Å². The third-order valence-corrected chi connectivity index (χ3v) is 7.88. The number of nitrogens with zero attached hydrogens (tertiary/aromatic N) is 3.